The van der Waals surface area contributed by atoms with Gasteiger partial charge in [0.25, 0.3) is 0 Å². The number of carbonyl (C=O) groups excluding carboxylic acids is 1. The number of hydrogen-bond acceptors (Lipinski definition) is 4. The third-order valence-electron chi connectivity index (χ3n) is 6.78. The molecule has 2 unspecified atom stereocenters. The summed E-state index contributed by atoms with van der Waals surface area (Å²) < 4.78 is 16.9. The van der Waals surface area contributed by atoms with Crippen molar-refractivity contribution in [1.29, 1.82) is 0 Å². The maximum atomic E-state index is 12.5. The van der Waals surface area contributed by atoms with Gasteiger partial charge in [0.2, 0.25) is 12.7 Å². The molecule has 0 N–H and O–H groups in total. The Kier molecular flexibility index (Phi) is 6.75. The highest BCUT2D eigenvalue weighted by molar-refractivity contribution is 5.73. The summed E-state index contributed by atoms with van der Waals surface area (Å²) in [7, 11) is 0. The molecule has 2 aromatic carbocycles. The molecule has 0 bridgehead atoms. The summed E-state index contributed by atoms with van der Waals surface area (Å²) in [5.41, 5.74) is 3.60. The molecule has 4 rings (SSSR count). The molecular formula is C27H35NO4. The third-order valence-corrected chi connectivity index (χ3v) is 6.78. The van der Waals surface area contributed by atoms with Crippen LogP contribution in [-0.4, -0.2) is 36.4 Å². The van der Waals surface area contributed by atoms with Crippen molar-refractivity contribution >= 4 is 5.91 Å². The van der Waals surface area contributed by atoms with Crippen LogP contribution in [0.5, 0.6) is 11.5 Å². The highest BCUT2D eigenvalue weighted by atomic mass is 16.7. The van der Waals surface area contributed by atoms with E-state index in [1.807, 2.05) is 23.1 Å². The molecule has 5 heteroatoms. The van der Waals surface area contributed by atoms with Crippen molar-refractivity contribution in [3.05, 3.63) is 59.2 Å². The zero-order valence-corrected chi connectivity index (χ0v) is 19.7. The van der Waals surface area contributed by atoms with Gasteiger partial charge in [-0.15, -0.1) is 0 Å². The molecule has 0 saturated carbocycles. The van der Waals surface area contributed by atoms with Gasteiger partial charge in [-0.25, -0.2) is 0 Å². The van der Waals surface area contributed by atoms with Gasteiger partial charge in [-0.2, -0.15) is 0 Å². The summed E-state index contributed by atoms with van der Waals surface area (Å²) in [5, 5.41) is 0. The van der Waals surface area contributed by atoms with Gasteiger partial charge in [-0.3, -0.25) is 4.79 Å². The van der Waals surface area contributed by atoms with E-state index in [2.05, 4.69) is 45.0 Å². The number of fused-ring (bicyclic) bond motifs is 1. The molecule has 2 aromatic rings. The summed E-state index contributed by atoms with van der Waals surface area (Å²) >= 11 is 0. The van der Waals surface area contributed by atoms with Crippen molar-refractivity contribution in [2.45, 2.75) is 65.0 Å². The highest BCUT2D eigenvalue weighted by Gasteiger charge is 2.34. The molecule has 0 radical (unpaired) electrons. The average molecular weight is 438 g/mol. The van der Waals surface area contributed by atoms with Crippen molar-refractivity contribution < 1.29 is 19.0 Å². The first-order chi connectivity index (χ1) is 15.3. The lowest BCUT2D eigenvalue weighted by molar-refractivity contribution is -0.129. The van der Waals surface area contributed by atoms with Crippen LogP contribution in [-0.2, 0) is 16.1 Å². The van der Waals surface area contributed by atoms with E-state index in [4.69, 9.17) is 14.2 Å². The van der Waals surface area contributed by atoms with Gasteiger partial charge in [-0.05, 0) is 75.1 Å². The summed E-state index contributed by atoms with van der Waals surface area (Å²) in [6.07, 6.45) is 3.03. The Hall–Kier alpha value is -2.53. The van der Waals surface area contributed by atoms with Gasteiger partial charge < -0.3 is 19.1 Å². The van der Waals surface area contributed by atoms with Crippen molar-refractivity contribution in [3.63, 3.8) is 0 Å². The second-order valence-electron chi connectivity index (χ2n) is 9.80. The average Bonchev–Trinajstić information content (AvgIpc) is 3.21. The SMILES string of the molecule is CC(=O)N(CCC(c1ccc(C)cc1)C1CCOC(C)(C)C1)Cc1ccc2c(c1)OCO2. The maximum absolute atomic E-state index is 12.5. The summed E-state index contributed by atoms with van der Waals surface area (Å²) in [6.45, 7) is 10.5. The number of rotatable bonds is 7. The lowest BCUT2D eigenvalue weighted by atomic mass is 9.75. The molecule has 0 aliphatic carbocycles. The van der Waals surface area contributed by atoms with Crippen LogP contribution in [0.2, 0.25) is 0 Å². The molecule has 172 valence electrons. The molecule has 2 heterocycles. The summed E-state index contributed by atoms with van der Waals surface area (Å²) in [6, 6.07) is 14.8. The largest absolute Gasteiger partial charge is 0.454 e. The fourth-order valence-electron chi connectivity index (χ4n) is 5.01. The van der Waals surface area contributed by atoms with E-state index in [0.717, 1.165) is 49.5 Å². The molecule has 0 aromatic heterocycles. The zero-order valence-electron chi connectivity index (χ0n) is 19.7. The van der Waals surface area contributed by atoms with E-state index in [-0.39, 0.29) is 18.3 Å². The number of benzene rings is 2. The van der Waals surface area contributed by atoms with Crippen molar-refractivity contribution in [1.82, 2.24) is 4.90 Å². The first-order valence-electron chi connectivity index (χ1n) is 11.7. The number of aryl methyl sites for hydroxylation is 1. The Bertz CT molecular complexity index is 937. The molecule has 5 nitrogen and oxygen atoms in total. The van der Waals surface area contributed by atoms with E-state index in [0.29, 0.717) is 18.4 Å². The fourth-order valence-corrected chi connectivity index (χ4v) is 5.01. The van der Waals surface area contributed by atoms with Crippen LogP contribution < -0.4 is 9.47 Å². The normalized spacial score (nSPS) is 20.1. The Balaban J connectivity index is 1.49. The molecule has 1 saturated heterocycles. The minimum Gasteiger partial charge on any atom is -0.454 e. The Morgan fingerprint density at radius 1 is 1.12 bits per heavy atom. The van der Waals surface area contributed by atoms with Crippen molar-refractivity contribution in [2.75, 3.05) is 19.9 Å². The molecular weight excluding hydrogens is 402 g/mol. The van der Waals surface area contributed by atoms with E-state index < -0.39 is 0 Å². The van der Waals surface area contributed by atoms with Crippen LogP contribution in [0.15, 0.2) is 42.5 Å². The highest BCUT2D eigenvalue weighted by Crippen LogP contribution is 2.40. The van der Waals surface area contributed by atoms with Crippen LogP contribution >= 0.6 is 0 Å². The van der Waals surface area contributed by atoms with E-state index in [9.17, 15) is 4.79 Å². The van der Waals surface area contributed by atoms with Gasteiger partial charge >= 0.3 is 0 Å². The van der Waals surface area contributed by atoms with Gasteiger partial charge in [0, 0.05) is 26.6 Å². The van der Waals surface area contributed by atoms with Crippen LogP contribution in [0.4, 0.5) is 0 Å². The number of ether oxygens (including phenoxy) is 3. The minimum absolute atomic E-state index is 0.0950. The van der Waals surface area contributed by atoms with Crippen LogP contribution in [0.25, 0.3) is 0 Å². The lowest BCUT2D eigenvalue weighted by Crippen LogP contribution is -2.37. The quantitative estimate of drug-likeness (QED) is 0.578. The first kappa shape index (κ1) is 22.7. The topological polar surface area (TPSA) is 48.0 Å². The molecule has 2 aliphatic heterocycles. The van der Waals surface area contributed by atoms with Gasteiger partial charge in [0.05, 0.1) is 5.60 Å². The van der Waals surface area contributed by atoms with Gasteiger partial charge in [-0.1, -0.05) is 35.9 Å². The smallest absolute Gasteiger partial charge is 0.231 e. The predicted molar refractivity (Wildman–Crippen MR) is 125 cm³/mol. The minimum atomic E-state index is -0.0986. The van der Waals surface area contributed by atoms with E-state index in [1.54, 1.807) is 6.92 Å². The summed E-state index contributed by atoms with van der Waals surface area (Å²) in [4.78, 5) is 14.5. The predicted octanol–water partition coefficient (Wildman–Crippen LogP) is 5.45. The fraction of sp³-hybridized carbons (Fsp3) is 0.519. The van der Waals surface area contributed by atoms with Crippen molar-refractivity contribution in [3.8, 4) is 11.5 Å². The van der Waals surface area contributed by atoms with Crippen LogP contribution in [0.3, 0.4) is 0 Å². The summed E-state index contributed by atoms with van der Waals surface area (Å²) in [5.74, 6) is 2.56. The monoisotopic (exact) mass is 437 g/mol. The van der Waals surface area contributed by atoms with Crippen LogP contribution in [0.1, 0.15) is 62.6 Å². The number of hydrogen-bond donors (Lipinski definition) is 0. The molecule has 2 aliphatic rings. The van der Waals surface area contributed by atoms with Crippen molar-refractivity contribution in [2.24, 2.45) is 5.92 Å². The van der Waals surface area contributed by atoms with Gasteiger partial charge in [0.1, 0.15) is 0 Å². The standard InChI is InChI=1S/C27H35NO4/c1-19-5-8-22(9-6-19)24(23-12-14-32-27(3,4)16-23)11-13-28(20(2)29)17-21-7-10-25-26(15-21)31-18-30-25/h5-10,15,23-24H,11-14,16-18H2,1-4H3. The second-order valence-corrected chi connectivity index (χ2v) is 9.80. The first-order valence-corrected chi connectivity index (χ1v) is 11.7. The molecule has 0 spiro atoms. The van der Waals surface area contributed by atoms with Gasteiger partial charge in [0.15, 0.2) is 11.5 Å². The van der Waals surface area contributed by atoms with E-state index >= 15 is 0 Å². The lowest BCUT2D eigenvalue weighted by Gasteiger charge is -2.40. The number of carbonyl (C=O) groups is 1. The van der Waals surface area contributed by atoms with Crippen LogP contribution in [0, 0.1) is 12.8 Å². The molecule has 2 atom stereocenters. The number of amides is 1. The third kappa shape index (κ3) is 5.44. The Labute approximate surface area is 191 Å². The zero-order chi connectivity index (χ0) is 22.7. The number of nitrogens with zero attached hydrogens (tertiary/aromatic N) is 1. The second kappa shape index (κ2) is 9.53. The molecule has 1 fully saturated rings. The Morgan fingerprint density at radius 2 is 1.88 bits per heavy atom. The Morgan fingerprint density at radius 3 is 2.59 bits per heavy atom. The molecule has 32 heavy (non-hydrogen) atoms. The molecule has 1 amide bonds. The van der Waals surface area contributed by atoms with E-state index in [1.165, 1.54) is 11.1 Å². The maximum Gasteiger partial charge on any atom is 0.231 e.